The summed E-state index contributed by atoms with van der Waals surface area (Å²) in [7, 11) is 1.79. The average Bonchev–Trinajstić information content (AvgIpc) is 3.18. The summed E-state index contributed by atoms with van der Waals surface area (Å²) in [6, 6.07) is 15.4. The van der Waals surface area contributed by atoms with Gasteiger partial charge in [-0.15, -0.1) is 6.58 Å². The maximum atomic E-state index is 13.7. The summed E-state index contributed by atoms with van der Waals surface area (Å²) >= 11 is 0. The Bertz CT molecular complexity index is 1170. The van der Waals surface area contributed by atoms with E-state index >= 15 is 0 Å². The predicted octanol–water partition coefficient (Wildman–Crippen LogP) is 5.26. The fraction of sp³-hybridized carbons (Fsp3) is 0.280. The normalized spacial score (nSPS) is 18.5. The highest BCUT2D eigenvalue weighted by molar-refractivity contribution is 6.12. The number of carbonyl (C=O) groups excluding carboxylic acids is 2. The fourth-order valence-corrected chi connectivity index (χ4v) is 4.40. The molecule has 0 aliphatic carbocycles. The number of amides is 1. The largest absolute Gasteiger partial charge is 0.443 e. The van der Waals surface area contributed by atoms with Crippen molar-refractivity contribution in [3.8, 4) is 0 Å². The van der Waals surface area contributed by atoms with Gasteiger partial charge >= 0.3 is 6.09 Å². The molecule has 2 heterocycles. The lowest BCUT2D eigenvalue weighted by molar-refractivity contribution is -0.121. The molecule has 0 saturated carbocycles. The zero-order valence-corrected chi connectivity index (χ0v) is 17.8. The number of rotatable bonds is 3. The van der Waals surface area contributed by atoms with E-state index in [4.69, 9.17) is 4.74 Å². The first-order valence-electron chi connectivity index (χ1n) is 10.0. The molecular weight excluding hydrogens is 376 g/mol. The van der Waals surface area contributed by atoms with Crippen molar-refractivity contribution in [1.82, 2.24) is 4.57 Å². The molecule has 0 saturated heterocycles. The summed E-state index contributed by atoms with van der Waals surface area (Å²) in [5.74, 6) is -0.0318. The highest BCUT2D eigenvalue weighted by Gasteiger charge is 2.51. The highest BCUT2D eigenvalue weighted by Crippen LogP contribution is 2.50. The molecule has 30 heavy (non-hydrogen) atoms. The van der Waals surface area contributed by atoms with Crippen LogP contribution in [0.15, 0.2) is 67.4 Å². The Kier molecular flexibility index (Phi) is 4.57. The molecule has 1 aromatic heterocycles. The lowest BCUT2D eigenvalue weighted by atomic mass is 9.73. The Morgan fingerprint density at radius 3 is 2.47 bits per heavy atom. The summed E-state index contributed by atoms with van der Waals surface area (Å²) in [5, 5.41) is 0.851. The van der Waals surface area contributed by atoms with Crippen LogP contribution in [0.1, 0.15) is 38.3 Å². The molecule has 0 N–H and O–H groups in total. The van der Waals surface area contributed by atoms with Gasteiger partial charge in [0.15, 0.2) is 0 Å². The summed E-state index contributed by atoms with van der Waals surface area (Å²) in [4.78, 5) is 28.4. The SMILES string of the molecule is C=CC[C@@]1(c2cn(C(=O)OC(C)(C)C)c3ccccc23)C(=O)N(C)c2ccccc21. The van der Waals surface area contributed by atoms with E-state index < -0.39 is 17.1 Å². The van der Waals surface area contributed by atoms with Crippen LogP contribution in [0.2, 0.25) is 0 Å². The molecule has 5 nitrogen and oxygen atoms in total. The van der Waals surface area contributed by atoms with Crippen LogP contribution >= 0.6 is 0 Å². The third-order valence-corrected chi connectivity index (χ3v) is 5.61. The van der Waals surface area contributed by atoms with E-state index in [9.17, 15) is 9.59 Å². The van der Waals surface area contributed by atoms with Gasteiger partial charge in [0, 0.05) is 24.3 Å². The van der Waals surface area contributed by atoms with Gasteiger partial charge in [-0.3, -0.25) is 9.36 Å². The number of para-hydroxylation sites is 2. The molecule has 1 aliphatic heterocycles. The first-order valence-corrected chi connectivity index (χ1v) is 10.0. The van der Waals surface area contributed by atoms with Gasteiger partial charge in [-0.2, -0.15) is 0 Å². The lowest BCUT2D eigenvalue weighted by Gasteiger charge is -2.27. The first-order chi connectivity index (χ1) is 14.2. The van der Waals surface area contributed by atoms with Crippen molar-refractivity contribution in [3.05, 3.63) is 78.5 Å². The Morgan fingerprint density at radius 2 is 1.77 bits per heavy atom. The maximum absolute atomic E-state index is 13.7. The number of nitrogens with zero attached hydrogens (tertiary/aromatic N) is 2. The number of hydrogen-bond acceptors (Lipinski definition) is 3. The molecule has 2 aromatic carbocycles. The van der Waals surface area contributed by atoms with Crippen LogP contribution in [0.25, 0.3) is 10.9 Å². The third-order valence-electron chi connectivity index (χ3n) is 5.61. The van der Waals surface area contributed by atoms with Gasteiger partial charge in [-0.1, -0.05) is 42.5 Å². The molecule has 5 heteroatoms. The highest BCUT2D eigenvalue weighted by atomic mass is 16.6. The van der Waals surface area contributed by atoms with Crippen molar-refractivity contribution < 1.29 is 14.3 Å². The van der Waals surface area contributed by atoms with Gasteiger partial charge in [0.2, 0.25) is 5.91 Å². The van der Waals surface area contributed by atoms with E-state index in [1.54, 1.807) is 24.2 Å². The smallest absolute Gasteiger partial charge is 0.419 e. The monoisotopic (exact) mass is 402 g/mol. The molecule has 0 radical (unpaired) electrons. The predicted molar refractivity (Wildman–Crippen MR) is 119 cm³/mol. The molecule has 1 aliphatic rings. The van der Waals surface area contributed by atoms with E-state index in [0.717, 1.165) is 22.2 Å². The number of benzene rings is 2. The van der Waals surface area contributed by atoms with Gasteiger partial charge in [0.25, 0.3) is 0 Å². The molecule has 3 aromatic rings. The van der Waals surface area contributed by atoms with Crippen LogP contribution in [0.5, 0.6) is 0 Å². The van der Waals surface area contributed by atoms with Crippen LogP contribution in [-0.2, 0) is 14.9 Å². The molecule has 0 fully saturated rings. The fourth-order valence-electron chi connectivity index (χ4n) is 4.40. The zero-order chi connectivity index (χ0) is 21.7. The first kappa shape index (κ1) is 20.0. The van der Waals surface area contributed by atoms with Crippen molar-refractivity contribution in [1.29, 1.82) is 0 Å². The lowest BCUT2D eigenvalue weighted by Crippen LogP contribution is -2.39. The van der Waals surface area contributed by atoms with Crippen LogP contribution in [0.3, 0.4) is 0 Å². The van der Waals surface area contributed by atoms with Crippen molar-refractivity contribution in [2.45, 2.75) is 38.2 Å². The summed E-state index contributed by atoms with van der Waals surface area (Å²) < 4.78 is 7.14. The number of fused-ring (bicyclic) bond motifs is 2. The topological polar surface area (TPSA) is 51.5 Å². The second-order valence-electron chi connectivity index (χ2n) is 8.69. The molecule has 0 unspecified atom stereocenters. The van der Waals surface area contributed by atoms with Gasteiger partial charge in [-0.25, -0.2) is 4.79 Å². The van der Waals surface area contributed by atoms with E-state index in [0.29, 0.717) is 11.9 Å². The Morgan fingerprint density at radius 1 is 1.10 bits per heavy atom. The minimum absolute atomic E-state index is 0.0318. The number of carbonyl (C=O) groups is 2. The number of likely N-dealkylation sites (N-methyl/N-ethyl adjacent to an activating group) is 1. The Hall–Kier alpha value is -3.34. The van der Waals surface area contributed by atoms with Crippen molar-refractivity contribution in [2.24, 2.45) is 0 Å². The number of ether oxygens (including phenoxy) is 1. The molecule has 1 atom stereocenters. The van der Waals surface area contributed by atoms with E-state index in [-0.39, 0.29) is 5.91 Å². The van der Waals surface area contributed by atoms with Gasteiger partial charge < -0.3 is 9.64 Å². The summed E-state index contributed by atoms with van der Waals surface area (Å²) in [6.07, 6.45) is 3.49. The molecule has 154 valence electrons. The number of allylic oxidation sites excluding steroid dienone is 1. The van der Waals surface area contributed by atoms with Crippen LogP contribution in [0, 0.1) is 0 Å². The van der Waals surface area contributed by atoms with Crippen LogP contribution in [0.4, 0.5) is 10.5 Å². The van der Waals surface area contributed by atoms with E-state index in [1.165, 1.54) is 4.57 Å². The molecule has 4 rings (SSSR count). The Balaban J connectivity index is 2.02. The molecule has 1 amide bonds. The van der Waals surface area contributed by atoms with Crippen molar-refractivity contribution in [2.75, 3.05) is 11.9 Å². The molecule has 0 bridgehead atoms. The summed E-state index contributed by atoms with van der Waals surface area (Å²) in [5.41, 5.74) is 1.72. The van der Waals surface area contributed by atoms with Crippen molar-refractivity contribution >= 4 is 28.6 Å². The minimum Gasteiger partial charge on any atom is -0.443 e. The zero-order valence-electron chi connectivity index (χ0n) is 17.8. The minimum atomic E-state index is -0.944. The third kappa shape index (κ3) is 2.84. The molecular formula is C25H26N2O3. The number of hydrogen-bond donors (Lipinski definition) is 0. The van der Waals surface area contributed by atoms with Gasteiger partial charge in [0.05, 0.1) is 5.52 Å². The average molecular weight is 402 g/mol. The molecule has 0 spiro atoms. The second-order valence-corrected chi connectivity index (χ2v) is 8.69. The standard InChI is InChI=1S/C25H26N2O3/c1-6-15-25(18-12-8-10-14-21(18)26(5)22(25)28)19-16-27(23(29)30-24(2,3)4)20-13-9-7-11-17(19)20/h6-14,16H,1,15H2,2-5H3/t25-/m1/s1. The van der Waals surface area contributed by atoms with E-state index in [1.807, 2.05) is 69.3 Å². The van der Waals surface area contributed by atoms with Crippen LogP contribution in [-0.4, -0.2) is 29.2 Å². The van der Waals surface area contributed by atoms with Gasteiger partial charge in [-0.05, 0) is 50.5 Å². The Labute approximate surface area is 176 Å². The number of anilines is 1. The van der Waals surface area contributed by atoms with Gasteiger partial charge in [0.1, 0.15) is 11.0 Å². The van der Waals surface area contributed by atoms with E-state index in [2.05, 4.69) is 6.58 Å². The number of aromatic nitrogens is 1. The van der Waals surface area contributed by atoms with Crippen LogP contribution < -0.4 is 4.90 Å². The second kappa shape index (κ2) is 6.87. The maximum Gasteiger partial charge on any atom is 0.419 e. The summed E-state index contributed by atoms with van der Waals surface area (Å²) in [6.45, 7) is 9.44. The van der Waals surface area contributed by atoms with Crippen molar-refractivity contribution in [3.63, 3.8) is 0 Å². The quantitative estimate of drug-likeness (QED) is 0.561.